The first-order valence-corrected chi connectivity index (χ1v) is 4.92. The summed E-state index contributed by atoms with van der Waals surface area (Å²) in [4.78, 5) is 10.9. The summed E-state index contributed by atoms with van der Waals surface area (Å²) in [6.07, 6.45) is 0.479. The number of hydrogen-bond donors (Lipinski definition) is 1. The van der Waals surface area contributed by atoms with Crippen molar-refractivity contribution in [1.82, 2.24) is 0 Å². The van der Waals surface area contributed by atoms with Crippen molar-refractivity contribution in [3.63, 3.8) is 0 Å². The molecule has 2 unspecified atom stereocenters. The third kappa shape index (κ3) is 2.89. The van der Waals surface area contributed by atoms with Crippen LogP contribution in [0.5, 0.6) is 0 Å². The number of nitrogens with zero attached hydrogens (tertiary/aromatic N) is 1. The number of hydrogen-bond acceptors (Lipinski definition) is 6. The molecule has 2 atom stereocenters. The summed E-state index contributed by atoms with van der Waals surface area (Å²) in [5.74, 6) is -2.17. The molecule has 0 aromatic heterocycles. The SMILES string of the molecule is CC1(C)OC2C/C(=N/O)C=C(C(=O)[O-])C2O1.[Na+]. The summed E-state index contributed by atoms with van der Waals surface area (Å²) in [5.41, 5.74) is 0.205. The number of oxime groups is 1. The third-order valence-electron chi connectivity index (χ3n) is 2.59. The van der Waals surface area contributed by atoms with E-state index < -0.39 is 24.0 Å². The fourth-order valence-corrected chi connectivity index (χ4v) is 2.02. The zero-order valence-electron chi connectivity index (χ0n) is 9.97. The summed E-state index contributed by atoms with van der Waals surface area (Å²) in [6, 6.07) is 0. The number of fused-ring (bicyclic) bond motifs is 1. The Labute approximate surface area is 121 Å². The molecule has 0 aromatic rings. The van der Waals surface area contributed by atoms with Crippen molar-refractivity contribution in [2.45, 2.75) is 38.3 Å². The summed E-state index contributed by atoms with van der Waals surface area (Å²) in [5, 5.41) is 22.6. The fourth-order valence-electron chi connectivity index (χ4n) is 2.02. The minimum atomic E-state index is -1.34. The summed E-state index contributed by atoms with van der Waals surface area (Å²) >= 11 is 0. The molecule has 0 radical (unpaired) electrons. The summed E-state index contributed by atoms with van der Waals surface area (Å²) in [6.45, 7) is 3.40. The van der Waals surface area contributed by atoms with E-state index in [1.807, 2.05) is 0 Å². The van der Waals surface area contributed by atoms with Gasteiger partial charge < -0.3 is 24.6 Å². The molecule has 2 aliphatic rings. The second-order valence-corrected chi connectivity index (χ2v) is 4.28. The van der Waals surface area contributed by atoms with Crippen LogP contribution in [0.2, 0.25) is 0 Å². The maximum Gasteiger partial charge on any atom is 1.00 e. The van der Waals surface area contributed by atoms with E-state index >= 15 is 0 Å². The first kappa shape index (κ1) is 14.7. The Bertz CT molecular complexity index is 390. The van der Waals surface area contributed by atoms with Gasteiger partial charge in [0.15, 0.2) is 5.79 Å². The molecule has 2 rings (SSSR count). The smallest absolute Gasteiger partial charge is 0.545 e. The topological polar surface area (TPSA) is 91.2 Å². The maximum atomic E-state index is 10.9. The number of aliphatic carboxylic acids is 1. The van der Waals surface area contributed by atoms with Gasteiger partial charge in [-0.25, -0.2) is 0 Å². The van der Waals surface area contributed by atoms with Crippen LogP contribution in [0.4, 0.5) is 0 Å². The second-order valence-electron chi connectivity index (χ2n) is 4.28. The second kappa shape index (κ2) is 5.07. The van der Waals surface area contributed by atoms with Crippen LogP contribution in [0.15, 0.2) is 16.8 Å². The van der Waals surface area contributed by atoms with Gasteiger partial charge in [0.05, 0.1) is 17.8 Å². The molecule has 7 heteroatoms. The largest absolute Gasteiger partial charge is 1.00 e. The molecule has 0 amide bonds. The summed E-state index contributed by atoms with van der Waals surface area (Å²) < 4.78 is 11.0. The summed E-state index contributed by atoms with van der Waals surface area (Å²) in [7, 11) is 0. The molecule has 1 fully saturated rings. The first-order valence-electron chi connectivity index (χ1n) is 4.92. The van der Waals surface area contributed by atoms with Crippen molar-refractivity contribution in [3.05, 3.63) is 11.6 Å². The van der Waals surface area contributed by atoms with Gasteiger partial charge in [-0.1, -0.05) is 5.16 Å². The number of carbonyl (C=O) groups is 1. The van der Waals surface area contributed by atoms with Gasteiger partial charge >= 0.3 is 29.6 Å². The van der Waals surface area contributed by atoms with E-state index in [0.717, 1.165) is 0 Å². The van der Waals surface area contributed by atoms with Gasteiger partial charge in [0.2, 0.25) is 0 Å². The van der Waals surface area contributed by atoms with Crippen molar-refractivity contribution in [3.8, 4) is 0 Å². The molecule has 88 valence electrons. The van der Waals surface area contributed by atoms with Crippen LogP contribution >= 0.6 is 0 Å². The van der Waals surface area contributed by atoms with Crippen LogP contribution < -0.4 is 34.7 Å². The quantitative estimate of drug-likeness (QED) is 0.295. The third-order valence-corrected chi connectivity index (χ3v) is 2.59. The van der Waals surface area contributed by atoms with Crippen LogP contribution in [-0.4, -0.2) is 34.9 Å². The Kier molecular flexibility index (Phi) is 4.38. The molecule has 1 aliphatic heterocycles. The van der Waals surface area contributed by atoms with Crippen LogP contribution in [0.3, 0.4) is 0 Å². The Morgan fingerprint density at radius 2 is 2.24 bits per heavy atom. The molecule has 0 spiro atoms. The monoisotopic (exact) mass is 249 g/mol. The average Bonchev–Trinajstić information content (AvgIpc) is 2.49. The van der Waals surface area contributed by atoms with E-state index in [0.29, 0.717) is 6.42 Å². The van der Waals surface area contributed by atoms with Crippen LogP contribution in [0, 0.1) is 0 Å². The van der Waals surface area contributed by atoms with E-state index in [1.54, 1.807) is 13.8 Å². The average molecular weight is 249 g/mol. The van der Waals surface area contributed by atoms with Crippen molar-refractivity contribution in [2.75, 3.05) is 0 Å². The standard InChI is InChI=1S/C10H13NO5.Na/c1-10(2)15-7-4-5(11-14)3-6(9(12)13)8(7)16-10;/h3,7-8,14H,4H2,1-2H3,(H,12,13);/q;+1/p-1/b11-5+;. The Morgan fingerprint density at radius 1 is 1.59 bits per heavy atom. The molecule has 1 heterocycles. The van der Waals surface area contributed by atoms with Crippen LogP contribution in [0.1, 0.15) is 20.3 Å². The Balaban J connectivity index is 0.00000144. The molecule has 0 bridgehead atoms. The molecule has 17 heavy (non-hydrogen) atoms. The minimum absolute atomic E-state index is 0. The van der Waals surface area contributed by atoms with E-state index in [1.165, 1.54) is 6.08 Å². The van der Waals surface area contributed by atoms with Gasteiger partial charge in [0, 0.05) is 12.0 Å². The number of rotatable bonds is 1. The normalized spacial score (nSPS) is 32.6. The van der Waals surface area contributed by atoms with Gasteiger partial charge in [-0.15, -0.1) is 0 Å². The first-order chi connectivity index (χ1) is 7.43. The van der Waals surface area contributed by atoms with Gasteiger partial charge in [-0.05, 0) is 19.9 Å². The molecule has 6 nitrogen and oxygen atoms in total. The molecule has 1 N–H and O–H groups in total. The zero-order valence-corrected chi connectivity index (χ0v) is 12.0. The number of carboxylic acids is 1. The Hall–Kier alpha value is -0.400. The van der Waals surface area contributed by atoms with Crippen molar-refractivity contribution in [1.29, 1.82) is 0 Å². The predicted octanol–water partition coefficient (Wildman–Crippen LogP) is -3.58. The molecule has 0 saturated carbocycles. The van der Waals surface area contributed by atoms with E-state index in [-0.39, 0.29) is 40.8 Å². The van der Waals surface area contributed by atoms with Gasteiger partial charge in [-0.3, -0.25) is 0 Å². The molecule has 0 aromatic carbocycles. The van der Waals surface area contributed by atoms with Crippen molar-refractivity contribution >= 4 is 11.7 Å². The zero-order chi connectivity index (χ0) is 11.9. The Morgan fingerprint density at radius 3 is 2.76 bits per heavy atom. The van der Waals surface area contributed by atoms with Gasteiger partial charge in [-0.2, -0.15) is 0 Å². The molecule has 1 saturated heterocycles. The van der Waals surface area contributed by atoms with Crippen LogP contribution in [0.25, 0.3) is 0 Å². The molecular weight excluding hydrogens is 237 g/mol. The minimum Gasteiger partial charge on any atom is -0.545 e. The molecule has 1 aliphatic carbocycles. The maximum absolute atomic E-state index is 10.9. The van der Waals surface area contributed by atoms with E-state index in [2.05, 4.69) is 5.16 Å². The van der Waals surface area contributed by atoms with Crippen LogP contribution in [-0.2, 0) is 14.3 Å². The number of ether oxygens (including phenoxy) is 2. The number of carboxylic acid groups (broad SMARTS) is 1. The van der Waals surface area contributed by atoms with Gasteiger partial charge in [0.25, 0.3) is 0 Å². The molecular formula is C10H12NNaO5. The van der Waals surface area contributed by atoms with Crippen molar-refractivity contribution in [2.24, 2.45) is 5.16 Å². The number of carbonyl (C=O) groups excluding carboxylic acids is 1. The van der Waals surface area contributed by atoms with E-state index in [4.69, 9.17) is 14.7 Å². The fraction of sp³-hybridized carbons (Fsp3) is 0.600. The van der Waals surface area contributed by atoms with E-state index in [9.17, 15) is 9.90 Å². The predicted molar refractivity (Wildman–Crippen MR) is 50.8 cm³/mol. The van der Waals surface area contributed by atoms with Crippen molar-refractivity contribution < 1.29 is 54.1 Å². The number of allylic oxidation sites excluding steroid dienone is 1. The van der Waals surface area contributed by atoms with Gasteiger partial charge in [0.1, 0.15) is 6.10 Å².